The highest BCUT2D eigenvalue weighted by molar-refractivity contribution is 6.05. The van der Waals surface area contributed by atoms with Crippen LogP contribution in [0.25, 0.3) is 0 Å². The van der Waals surface area contributed by atoms with Crippen molar-refractivity contribution in [3.8, 4) is 0 Å². The monoisotopic (exact) mass is 428 g/mol. The number of fused-ring (bicyclic) bond motifs is 1. The van der Waals surface area contributed by atoms with Crippen LogP contribution in [0.4, 0.5) is 11.4 Å². The van der Waals surface area contributed by atoms with E-state index in [4.69, 9.17) is 9.47 Å². The average Bonchev–Trinajstić information content (AvgIpc) is 2.85. The highest BCUT2D eigenvalue weighted by atomic mass is 16.5. The van der Waals surface area contributed by atoms with E-state index in [-0.39, 0.29) is 18.0 Å². The number of rotatable bonds is 4. The van der Waals surface area contributed by atoms with Gasteiger partial charge in [-0.25, -0.2) is 4.79 Å². The number of nitrogens with one attached hydrogen (secondary N) is 1. The molecule has 6 heteroatoms. The SMILES string of the molecule is O=C(Nc1ccc(N2CCOCC2)cc1)c1ccc2c(c1)CC(c1ccccc1)OC2=O. The lowest BCUT2D eigenvalue weighted by Crippen LogP contribution is -2.36. The molecule has 0 aliphatic carbocycles. The Morgan fingerprint density at radius 3 is 2.44 bits per heavy atom. The summed E-state index contributed by atoms with van der Waals surface area (Å²) in [7, 11) is 0. The van der Waals surface area contributed by atoms with Crippen LogP contribution in [0.15, 0.2) is 72.8 Å². The van der Waals surface area contributed by atoms with Gasteiger partial charge in [0.15, 0.2) is 0 Å². The second kappa shape index (κ2) is 8.85. The van der Waals surface area contributed by atoms with Gasteiger partial charge in [0.1, 0.15) is 6.10 Å². The number of carbonyl (C=O) groups excluding carboxylic acids is 2. The third-order valence-corrected chi connectivity index (χ3v) is 5.91. The molecular formula is C26H24N2O4. The molecule has 1 unspecified atom stereocenters. The lowest BCUT2D eigenvalue weighted by molar-refractivity contribution is 0.0252. The molecule has 0 spiro atoms. The number of cyclic esters (lactones) is 1. The maximum atomic E-state index is 12.9. The first kappa shape index (κ1) is 20.3. The zero-order chi connectivity index (χ0) is 21.9. The first-order chi connectivity index (χ1) is 15.7. The van der Waals surface area contributed by atoms with E-state index < -0.39 is 0 Å². The Balaban J connectivity index is 1.30. The minimum absolute atomic E-state index is 0.206. The quantitative estimate of drug-likeness (QED) is 0.630. The molecule has 1 saturated heterocycles. The van der Waals surface area contributed by atoms with E-state index in [0.29, 0.717) is 17.5 Å². The highest BCUT2D eigenvalue weighted by Crippen LogP contribution is 2.31. The van der Waals surface area contributed by atoms with E-state index >= 15 is 0 Å². The average molecular weight is 428 g/mol. The van der Waals surface area contributed by atoms with Crippen LogP contribution in [0.3, 0.4) is 0 Å². The molecular weight excluding hydrogens is 404 g/mol. The molecule has 1 amide bonds. The molecule has 2 heterocycles. The van der Waals surface area contributed by atoms with E-state index in [9.17, 15) is 9.59 Å². The number of esters is 1. The number of carbonyl (C=O) groups is 2. The van der Waals surface area contributed by atoms with Crippen LogP contribution in [0, 0.1) is 0 Å². The van der Waals surface area contributed by atoms with E-state index in [2.05, 4.69) is 10.2 Å². The summed E-state index contributed by atoms with van der Waals surface area (Å²) in [6.07, 6.45) is 0.197. The zero-order valence-electron chi connectivity index (χ0n) is 17.6. The number of morpholine rings is 1. The summed E-state index contributed by atoms with van der Waals surface area (Å²) in [6.45, 7) is 3.20. The number of nitrogens with zero attached hydrogens (tertiary/aromatic N) is 1. The van der Waals surface area contributed by atoms with Crippen LogP contribution in [0.1, 0.15) is 37.9 Å². The molecule has 2 aliphatic rings. The first-order valence-corrected chi connectivity index (χ1v) is 10.8. The Hall–Kier alpha value is -3.64. The van der Waals surface area contributed by atoms with Crippen LogP contribution < -0.4 is 10.2 Å². The van der Waals surface area contributed by atoms with Gasteiger partial charge in [0.25, 0.3) is 5.91 Å². The van der Waals surface area contributed by atoms with Gasteiger partial charge in [-0.05, 0) is 53.6 Å². The second-order valence-electron chi connectivity index (χ2n) is 7.98. The Kier molecular flexibility index (Phi) is 5.60. The van der Waals surface area contributed by atoms with Crippen molar-refractivity contribution in [2.45, 2.75) is 12.5 Å². The molecule has 0 saturated carbocycles. The van der Waals surface area contributed by atoms with Gasteiger partial charge in [-0.2, -0.15) is 0 Å². The predicted molar refractivity (Wildman–Crippen MR) is 122 cm³/mol. The van der Waals surface area contributed by atoms with Gasteiger partial charge < -0.3 is 19.7 Å². The molecule has 0 aromatic heterocycles. The van der Waals surface area contributed by atoms with E-state index in [0.717, 1.165) is 48.8 Å². The largest absolute Gasteiger partial charge is 0.454 e. The molecule has 3 aromatic carbocycles. The minimum atomic E-state index is -0.356. The summed E-state index contributed by atoms with van der Waals surface area (Å²) in [5.74, 6) is -0.562. The molecule has 1 fully saturated rings. The maximum Gasteiger partial charge on any atom is 0.339 e. The van der Waals surface area contributed by atoms with Gasteiger partial charge in [-0.3, -0.25) is 4.79 Å². The van der Waals surface area contributed by atoms with Gasteiger partial charge in [0.2, 0.25) is 0 Å². The summed E-state index contributed by atoms with van der Waals surface area (Å²) in [5, 5.41) is 2.95. The standard InChI is InChI=1S/C26H24N2O4/c29-25(27-21-7-9-22(10-8-21)28-12-14-31-15-13-28)19-6-11-23-20(16-19)17-24(32-26(23)30)18-4-2-1-3-5-18/h1-11,16,24H,12-15,17H2,(H,27,29). The van der Waals surface area contributed by atoms with Crippen molar-refractivity contribution in [3.63, 3.8) is 0 Å². The first-order valence-electron chi connectivity index (χ1n) is 10.8. The fourth-order valence-electron chi connectivity index (χ4n) is 4.17. The number of hydrogen-bond donors (Lipinski definition) is 1. The van der Waals surface area contributed by atoms with Crippen molar-refractivity contribution in [2.24, 2.45) is 0 Å². The summed E-state index contributed by atoms with van der Waals surface area (Å²) >= 11 is 0. The topological polar surface area (TPSA) is 67.9 Å². The number of benzene rings is 3. The number of hydrogen-bond acceptors (Lipinski definition) is 5. The number of amides is 1. The van der Waals surface area contributed by atoms with Crippen LogP contribution in [-0.2, 0) is 15.9 Å². The summed E-state index contributed by atoms with van der Waals surface area (Å²) in [4.78, 5) is 27.6. The maximum absolute atomic E-state index is 12.9. The molecule has 1 N–H and O–H groups in total. The molecule has 6 nitrogen and oxygen atoms in total. The third kappa shape index (κ3) is 4.22. The molecule has 0 radical (unpaired) electrons. The number of ether oxygens (including phenoxy) is 2. The Morgan fingerprint density at radius 1 is 0.938 bits per heavy atom. The molecule has 5 rings (SSSR count). The molecule has 3 aromatic rings. The van der Waals surface area contributed by atoms with Gasteiger partial charge >= 0.3 is 5.97 Å². The van der Waals surface area contributed by atoms with Crippen molar-refractivity contribution in [2.75, 3.05) is 36.5 Å². The summed E-state index contributed by atoms with van der Waals surface area (Å²) in [5.41, 5.74) is 4.65. The van der Waals surface area contributed by atoms with E-state index in [1.165, 1.54) is 0 Å². The lowest BCUT2D eigenvalue weighted by Gasteiger charge is -2.28. The fraction of sp³-hybridized carbons (Fsp3) is 0.231. The van der Waals surface area contributed by atoms with Crippen molar-refractivity contribution in [1.29, 1.82) is 0 Å². The lowest BCUT2D eigenvalue weighted by atomic mass is 9.93. The Morgan fingerprint density at radius 2 is 1.69 bits per heavy atom. The Labute approximate surface area is 186 Å². The van der Waals surface area contributed by atoms with Crippen molar-refractivity contribution in [3.05, 3.63) is 95.1 Å². The summed E-state index contributed by atoms with van der Waals surface area (Å²) in [6, 6.07) is 22.6. The van der Waals surface area contributed by atoms with Crippen molar-refractivity contribution < 1.29 is 19.1 Å². The van der Waals surface area contributed by atoms with Crippen LogP contribution in [0.2, 0.25) is 0 Å². The van der Waals surface area contributed by atoms with Gasteiger partial charge in [0, 0.05) is 36.4 Å². The Bertz CT molecular complexity index is 1120. The molecule has 0 bridgehead atoms. The van der Waals surface area contributed by atoms with Crippen molar-refractivity contribution >= 4 is 23.3 Å². The minimum Gasteiger partial charge on any atom is -0.454 e. The summed E-state index contributed by atoms with van der Waals surface area (Å²) < 4.78 is 11.0. The van der Waals surface area contributed by atoms with Crippen LogP contribution in [0.5, 0.6) is 0 Å². The normalized spacial score (nSPS) is 17.9. The highest BCUT2D eigenvalue weighted by Gasteiger charge is 2.28. The number of anilines is 2. The second-order valence-corrected chi connectivity index (χ2v) is 7.98. The molecule has 2 aliphatic heterocycles. The molecule has 162 valence electrons. The molecule has 1 atom stereocenters. The smallest absolute Gasteiger partial charge is 0.339 e. The van der Waals surface area contributed by atoms with Crippen LogP contribution in [-0.4, -0.2) is 38.2 Å². The predicted octanol–water partition coefficient (Wildman–Crippen LogP) is 4.23. The zero-order valence-corrected chi connectivity index (χ0v) is 17.6. The van der Waals surface area contributed by atoms with E-state index in [1.54, 1.807) is 18.2 Å². The van der Waals surface area contributed by atoms with E-state index in [1.807, 2.05) is 54.6 Å². The fourth-order valence-corrected chi connectivity index (χ4v) is 4.17. The third-order valence-electron chi connectivity index (χ3n) is 5.91. The van der Waals surface area contributed by atoms with Gasteiger partial charge in [0.05, 0.1) is 18.8 Å². The van der Waals surface area contributed by atoms with Crippen LogP contribution >= 0.6 is 0 Å². The van der Waals surface area contributed by atoms with Crippen molar-refractivity contribution in [1.82, 2.24) is 0 Å². The van der Waals surface area contributed by atoms with Gasteiger partial charge in [-0.1, -0.05) is 30.3 Å². The van der Waals surface area contributed by atoms with Gasteiger partial charge in [-0.15, -0.1) is 0 Å². The molecule has 32 heavy (non-hydrogen) atoms.